The Morgan fingerprint density at radius 1 is 1.23 bits per heavy atom. The topological polar surface area (TPSA) is 67.8 Å². The van der Waals surface area contributed by atoms with Gasteiger partial charge < -0.3 is 19.9 Å². The number of aryl methyl sites for hydroxylation is 1. The molecule has 2 aromatic carbocycles. The molecule has 0 radical (unpaired) electrons. The Morgan fingerprint density at radius 3 is 2.65 bits per heavy atom. The van der Waals surface area contributed by atoms with Gasteiger partial charge in [-0.05, 0) is 93.8 Å². The molecule has 166 valence electrons. The summed E-state index contributed by atoms with van der Waals surface area (Å²) in [6.45, 7) is 10.7. The van der Waals surface area contributed by atoms with Crippen LogP contribution in [0.3, 0.4) is 0 Å². The van der Waals surface area contributed by atoms with Crippen LogP contribution in [0.1, 0.15) is 61.1 Å². The lowest BCUT2D eigenvalue weighted by Crippen LogP contribution is -2.28. The molecule has 0 fully saturated rings. The van der Waals surface area contributed by atoms with Crippen LogP contribution in [-0.2, 0) is 22.4 Å². The number of nitrogens with one attached hydrogen (secondary N) is 1. The van der Waals surface area contributed by atoms with Crippen LogP contribution >= 0.6 is 0 Å². The Balaban J connectivity index is 2.03. The molecule has 0 saturated carbocycles. The predicted molar refractivity (Wildman–Crippen MR) is 119 cm³/mol. The molecule has 2 N–H and O–H groups in total. The second kappa shape index (κ2) is 7.83. The molecule has 31 heavy (non-hydrogen) atoms. The first-order valence-electron chi connectivity index (χ1n) is 10.8. The molecule has 0 amide bonds. The minimum atomic E-state index is -1.16. The van der Waals surface area contributed by atoms with Crippen molar-refractivity contribution in [3.05, 3.63) is 45.8 Å². The van der Waals surface area contributed by atoms with E-state index in [-0.39, 0.29) is 0 Å². The second-order valence-electron chi connectivity index (χ2n) is 9.42. The van der Waals surface area contributed by atoms with Crippen LogP contribution in [0.25, 0.3) is 11.1 Å². The average molecular weight is 428 g/mol. The third-order valence-corrected chi connectivity index (χ3v) is 6.04. The van der Waals surface area contributed by atoms with Crippen molar-refractivity contribution in [1.82, 2.24) is 0 Å². The number of halogens is 1. The highest BCUT2D eigenvalue weighted by Gasteiger charge is 2.34. The summed E-state index contributed by atoms with van der Waals surface area (Å²) in [4.78, 5) is 12.4. The van der Waals surface area contributed by atoms with Gasteiger partial charge >= 0.3 is 5.97 Å². The van der Waals surface area contributed by atoms with Crippen molar-refractivity contribution < 1.29 is 23.8 Å². The summed E-state index contributed by atoms with van der Waals surface area (Å²) in [7, 11) is 0. The summed E-state index contributed by atoms with van der Waals surface area (Å²) in [5, 5.41) is 13.5. The SMILES string of the molecule is Cc1cc2c(c(-c3cc(F)c4c(c3C)CCCO4)c1C(OC(C)(C)C)C(=O)O)CCN2. The molecule has 0 spiro atoms. The van der Waals surface area contributed by atoms with Crippen LogP contribution in [0.4, 0.5) is 10.1 Å². The Bertz CT molecular complexity index is 1050. The maximum absolute atomic E-state index is 15.1. The molecule has 0 aliphatic carbocycles. The zero-order chi connectivity index (χ0) is 22.5. The summed E-state index contributed by atoms with van der Waals surface area (Å²) < 4.78 is 26.8. The third kappa shape index (κ3) is 3.89. The van der Waals surface area contributed by atoms with Crippen molar-refractivity contribution in [2.24, 2.45) is 0 Å². The summed E-state index contributed by atoms with van der Waals surface area (Å²) in [6.07, 6.45) is 1.17. The van der Waals surface area contributed by atoms with Crippen molar-refractivity contribution >= 4 is 11.7 Å². The molecule has 2 aliphatic heterocycles. The maximum Gasteiger partial charge on any atom is 0.337 e. The van der Waals surface area contributed by atoms with Crippen molar-refractivity contribution in [1.29, 1.82) is 0 Å². The van der Waals surface area contributed by atoms with Crippen LogP contribution in [-0.4, -0.2) is 29.8 Å². The molecule has 1 atom stereocenters. The molecule has 6 heteroatoms. The molecule has 0 bridgehead atoms. The van der Waals surface area contributed by atoms with Gasteiger partial charge in [-0.3, -0.25) is 0 Å². The molecule has 1 unspecified atom stereocenters. The largest absolute Gasteiger partial charge is 0.490 e. The van der Waals surface area contributed by atoms with Gasteiger partial charge in [0.05, 0.1) is 12.2 Å². The number of benzene rings is 2. The van der Waals surface area contributed by atoms with Gasteiger partial charge in [-0.2, -0.15) is 0 Å². The standard InChI is InChI=1S/C25H30FNO4/c1-13-11-19-16(8-9-27-19)21(20(13)23(24(28)29)31-25(3,4)5)17-12-18(26)22-15(14(17)2)7-6-10-30-22/h11-12,23,27H,6-10H2,1-5H3,(H,28,29). The highest BCUT2D eigenvalue weighted by molar-refractivity contribution is 5.88. The van der Waals surface area contributed by atoms with E-state index in [9.17, 15) is 9.90 Å². The lowest BCUT2D eigenvalue weighted by molar-refractivity contribution is -0.160. The van der Waals surface area contributed by atoms with E-state index in [0.717, 1.165) is 64.9 Å². The van der Waals surface area contributed by atoms with Gasteiger partial charge in [0.1, 0.15) is 0 Å². The molecular formula is C25H30FNO4. The van der Waals surface area contributed by atoms with E-state index in [1.54, 1.807) is 0 Å². The van der Waals surface area contributed by atoms with E-state index < -0.39 is 23.5 Å². The van der Waals surface area contributed by atoms with Gasteiger partial charge in [0.15, 0.2) is 17.7 Å². The molecule has 5 nitrogen and oxygen atoms in total. The summed E-state index contributed by atoms with van der Waals surface area (Å²) >= 11 is 0. The van der Waals surface area contributed by atoms with Crippen LogP contribution in [0, 0.1) is 19.7 Å². The zero-order valence-electron chi connectivity index (χ0n) is 18.8. The molecular weight excluding hydrogens is 397 g/mol. The Kier molecular flexibility index (Phi) is 5.46. The van der Waals surface area contributed by atoms with Gasteiger partial charge in [-0.15, -0.1) is 0 Å². The first-order valence-corrected chi connectivity index (χ1v) is 10.8. The fraction of sp³-hybridized carbons (Fsp3) is 0.480. The van der Waals surface area contributed by atoms with Gasteiger partial charge in [0.25, 0.3) is 0 Å². The first-order chi connectivity index (χ1) is 14.6. The number of aliphatic carboxylic acids is 1. The Labute approximate surface area is 182 Å². The number of carbonyl (C=O) groups is 1. The maximum atomic E-state index is 15.1. The number of fused-ring (bicyclic) bond motifs is 2. The number of hydrogen-bond acceptors (Lipinski definition) is 4. The van der Waals surface area contributed by atoms with Gasteiger partial charge in [0.2, 0.25) is 0 Å². The van der Waals surface area contributed by atoms with E-state index in [2.05, 4.69) is 5.32 Å². The number of rotatable bonds is 4. The van der Waals surface area contributed by atoms with Crippen LogP contribution in [0.2, 0.25) is 0 Å². The van der Waals surface area contributed by atoms with Crippen LogP contribution < -0.4 is 10.1 Å². The van der Waals surface area contributed by atoms with E-state index in [1.165, 1.54) is 6.07 Å². The highest BCUT2D eigenvalue weighted by Crippen LogP contribution is 2.46. The van der Waals surface area contributed by atoms with Gasteiger partial charge in [0, 0.05) is 23.4 Å². The van der Waals surface area contributed by atoms with E-state index in [0.29, 0.717) is 17.9 Å². The van der Waals surface area contributed by atoms with E-state index in [4.69, 9.17) is 9.47 Å². The fourth-order valence-corrected chi connectivity index (χ4v) is 4.76. The Hall–Kier alpha value is -2.60. The number of anilines is 1. The lowest BCUT2D eigenvalue weighted by atomic mass is 9.83. The second-order valence-corrected chi connectivity index (χ2v) is 9.42. The lowest BCUT2D eigenvalue weighted by Gasteiger charge is -2.30. The quantitative estimate of drug-likeness (QED) is 0.689. The average Bonchev–Trinajstić information content (AvgIpc) is 3.15. The summed E-state index contributed by atoms with van der Waals surface area (Å²) in [6, 6.07) is 3.49. The van der Waals surface area contributed by atoms with E-state index in [1.807, 2.05) is 40.7 Å². The molecule has 4 rings (SSSR count). The number of ether oxygens (including phenoxy) is 2. The monoisotopic (exact) mass is 427 g/mol. The predicted octanol–water partition coefficient (Wildman–Crippen LogP) is 5.34. The fourth-order valence-electron chi connectivity index (χ4n) is 4.76. The van der Waals surface area contributed by atoms with Crippen molar-refractivity contribution in [2.45, 2.75) is 65.6 Å². The minimum absolute atomic E-state index is 0.331. The van der Waals surface area contributed by atoms with Crippen LogP contribution in [0.5, 0.6) is 5.75 Å². The molecule has 0 saturated heterocycles. The van der Waals surface area contributed by atoms with Gasteiger partial charge in [-0.1, -0.05) is 0 Å². The number of carboxylic acids is 1. The van der Waals surface area contributed by atoms with Crippen molar-refractivity contribution in [2.75, 3.05) is 18.5 Å². The molecule has 0 aromatic heterocycles. The molecule has 2 heterocycles. The number of carboxylic acid groups (broad SMARTS) is 1. The minimum Gasteiger partial charge on any atom is -0.490 e. The van der Waals surface area contributed by atoms with Crippen molar-refractivity contribution in [3.8, 4) is 16.9 Å². The smallest absolute Gasteiger partial charge is 0.337 e. The first kappa shape index (κ1) is 21.6. The van der Waals surface area contributed by atoms with E-state index >= 15 is 4.39 Å². The summed E-state index contributed by atoms with van der Waals surface area (Å²) in [5.74, 6) is -1.12. The normalized spacial score (nSPS) is 16.2. The van der Waals surface area contributed by atoms with Crippen molar-refractivity contribution in [3.63, 3.8) is 0 Å². The van der Waals surface area contributed by atoms with Crippen LogP contribution in [0.15, 0.2) is 12.1 Å². The molecule has 2 aliphatic rings. The van der Waals surface area contributed by atoms with Gasteiger partial charge in [-0.25, -0.2) is 9.18 Å². The zero-order valence-corrected chi connectivity index (χ0v) is 18.8. The Morgan fingerprint density at radius 2 is 1.97 bits per heavy atom. The summed E-state index contributed by atoms with van der Waals surface area (Å²) in [5.41, 5.74) is 6.07. The number of hydrogen-bond donors (Lipinski definition) is 2. The third-order valence-electron chi connectivity index (χ3n) is 6.04. The molecule has 2 aromatic rings. The highest BCUT2D eigenvalue weighted by atomic mass is 19.1.